The molecule has 5 heteroatoms. The standard InChI is InChI=1S/C2H5NO3S/c3-2(4)1-7(5)6/h7H,1H2,(H2,3,4). The largest absolute Gasteiger partial charge is 0.369 e. The van der Waals surface area contributed by atoms with E-state index in [0.717, 1.165) is 0 Å². The van der Waals surface area contributed by atoms with E-state index in [1.807, 2.05) is 0 Å². The quantitative estimate of drug-likeness (QED) is 0.420. The predicted octanol–water partition coefficient (Wildman–Crippen LogP) is -1.92. The van der Waals surface area contributed by atoms with Crippen LogP contribution in [-0.4, -0.2) is 20.1 Å². The highest BCUT2D eigenvalue weighted by molar-refractivity contribution is 7.73. The minimum Gasteiger partial charge on any atom is -0.369 e. The van der Waals surface area contributed by atoms with Crippen molar-refractivity contribution in [1.82, 2.24) is 0 Å². The van der Waals surface area contributed by atoms with Crippen LogP contribution in [0.1, 0.15) is 0 Å². The second-order valence-electron chi connectivity index (χ2n) is 0.957. The summed E-state index contributed by atoms with van der Waals surface area (Å²) < 4.78 is 19.1. The summed E-state index contributed by atoms with van der Waals surface area (Å²) in [5.74, 6) is -1.36. The third kappa shape index (κ3) is 5.42. The summed E-state index contributed by atoms with van der Waals surface area (Å²) in [6.07, 6.45) is 0. The number of hydrogen-bond acceptors (Lipinski definition) is 3. The van der Waals surface area contributed by atoms with E-state index >= 15 is 0 Å². The molecule has 7 heavy (non-hydrogen) atoms. The highest BCUT2D eigenvalue weighted by atomic mass is 32.2. The second-order valence-corrected chi connectivity index (χ2v) is 1.94. The second kappa shape index (κ2) is 2.57. The molecule has 0 unspecified atom stereocenters. The van der Waals surface area contributed by atoms with Crippen LogP contribution >= 0.6 is 0 Å². The van der Waals surface area contributed by atoms with E-state index in [2.05, 4.69) is 5.73 Å². The molecular formula is C2H5NO3S. The fraction of sp³-hybridized carbons (Fsp3) is 0.500. The molecule has 0 saturated heterocycles. The van der Waals surface area contributed by atoms with Gasteiger partial charge in [-0.05, 0) is 0 Å². The number of rotatable bonds is 2. The number of thiol groups is 1. The molecular weight excluding hydrogens is 118 g/mol. The first kappa shape index (κ1) is 6.42. The molecule has 0 aliphatic carbocycles. The SMILES string of the molecule is NC(=O)C[SH](=O)=O. The first-order valence-corrected chi connectivity index (χ1v) is 2.89. The van der Waals surface area contributed by atoms with Crippen LogP contribution < -0.4 is 5.73 Å². The number of hydrogen-bond donors (Lipinski definition) is 2. The molecule has 0 radical (unpaired) electrons. The first-order chi connectivity index (χ1) is 3.13. The van der Waals surface area contributed by atoms with E-state index < -0.39 is 22.4 Å². The zero-order chi connectivity index (χ0) is 5.86. The van der Waals surface area contributed by atoms with Gasteiger partial charge in [-0.3, -0.25) is 4.79 Å². The molecule has 0 aliphatic rings. The molecule has 0 aliphatic heterocycles. The molecule has 0 bridgehead atoms. The van der Waals surface area contributed by atoms with Crippen molar-refractivity contribution in [3.8, 4) is 0 Å². The molecule has 0 spiro atoms. The summed E-state index contributed by atoms with van der Waals surface area (Å²) in [4.78, 5) is 9.65. The maximum Gasteiger partial charge on any atom is 0.232 e. The van der Waals surface area contributed by atoms with E-state index in [1.165, 1.54) is 0 Å². The van der Waals surface area contributed by atoms with Gasteiger partial charge in [-0.15, -0.1) is 0 Å². The monoisotopic (exact) mass is 123 g/mol. The Balaban J connectivity index is 3.53. The van der Waals surface area contributed by atoms with Gasteiger partial charge in [-0.25, -0.2) is 8.42 Å². The molecule has 0 aromatic carbocycles. The van der Waals surface area contributed by atoms with Crippen LogP contribution in [0.5, 0.6) is 0 Å². The topological polar surface area (TPSA) is 77.2 Å². The Hall–Kier alpha value is -0.580. The molecule has 0 heterocycles. The highest BCUT2D eigenvalue weighted by Crippen LogP contribution is 1.58. The minimum absolute atomic E-state index is 0.546. The molecule has 0 aromatic heterocycles. The summed E-state index contributed by atoms with van der Waals surface area (Å²) in [7, 11) is -2.61. The highest BCUT2D eigenvalue weighted by Gasteiger charge is 1.91. The minimum atomic E-state index is -2.61. The van der Waals surface area contributed by atoms with Gasteiger partial charge in [0.1, 0.15) is 16.5 Å². The summed E-state index contributed by atoms with van der Waals surface area (Å²) >= 11 is 0. The summed E-state index contributed by atoms with van der Waals surface area (Å²) in [6.45, 7) is 0. The fourth-order valence-corrected chi connectivity index (χ4v) is 0.382. The lowest BCUT2D eigenvalue weighted by atomic mass is 10.8. The van der Waals surface area contributed by atoms with Crippen molar-refractivity contribution < 1.29 is 13.2 Å². The van der Waals surface area contributed by atoms with Gasteiger partial charge in [0.2, 0.25) is 5.91 Å². The van der Waals surface area contributed by atoms with E-state index in [0.29, 0.717) is 0 Å². The molecule has 0 rings (SSSR count). The van der Waals surface area contributed by atoms with Crippen molar-refractivity contribution in [2.24, 2.45) is 5.73 Å². The van der Waals surface area contributed by atoms with Gasteiger partial charge in [0.15, 0.2) is 0 Å². The lowest BCUT2D eigenvalue weighted by Gasteiger charge is -1.75. The zero-order valence-corrected chi connectivity index (χ0v) is 4.35. The predicted molar refractivity (Wildman–Crippen MR) is 24.4 cm³/mol. The number of nitrogens with two attached hydrogens (primary N) is 1. The Kier molecular flexibility index (Phi) is 2.36. The Morgan fingerprint density at radius 3 is 2.00 bits per heavy atom. The van der Waals surface area contributed by atoms with Gasteiger partial charge in [0.05, 0.1) is 0 Å². The van der Waals surface area contributed by atoms with Crippen LogP contribution in [-0.2, 0) is 15.5 Å². The molecule has 0 saturated carbocycles. The number of carbonyl (C=O) groups excluding carboxylic acids is 1. The average molecular weight is 123 g/mol. The van der Waals surface area contributed by atoms with Gasteiger partial charge in [0.25, 0.3) is 0 Å². The molecule has 1 amide bonds. The lowest BCUT2D eigenvalue weighted by Crippen LogP contribution is -2.16. The average Bonchev–Trinajstić information content (AvgIpc) is 1.27. The summed E-state index contributed by atoms with van der Waals surface area (Å²) in [5.41, 5.74) is 4.47. The van der Waals surface area contributed by atoms with Crippen LogP contribution in [0.3, 0.4) is 0 Å². The van der Waals surface area contributed by atoms with Gasteiger partial charge in [-0.2, -0.15) is 0 Å². The van der Waals surface area contributed by atoms with Gasteiger partial charge in [0, 0.05) is 0 Å². The van der Waals surface area contributed by atoms with Crippen molar-refractivity contribution >= 4 is 16.6 Å². The smallest absolute Gasteiger partial charge is 0.232 e. The number of carbonyl (C=O) groups is 1. The molecule has 42 valence electrons. The number of primary amides is 1. The first-order valence-electron chi connectivity index (χ1n) is 1.53. The van der Waals surface area contributed by atoms with Crippen molar-refractivity contribution in [1.29, 1.82) is 0 Å². The molecule has 0 aromatic rings. The molecule has 0 atom stereocenters. The maximum absolute atomic E-state index is 9.65. The Morgan fingerprint density at radius 2 is 2.00 bits per heavy atom. The van der Waals surface area contributed by atoms with Gasteiger partial charge >= 0.3 is 0 Å². The van der Waals surface area contributed by atoms with Gasteiger partial charge in [-0.1, -0.05) is 0 Å². The summed E-state index contributed by atoms with van der Waals surface area (Å²) in [6, 6.07) is 0. The molecule has 4 nitrogen and oxygen atoms in total. The molecule has 2 N–H and O–H groups in total. The Labute approximate surface area is 42.3 Å². The van der Waals surface area contributed by atoms with Crippen molar-refractivity contribution in [2.75, 3.05) is 5.75 Å². The van der Waals surface area contributed by atoms with Crippen LogP contribution in [0, 0.1) is 0 Å². The van der Waals surface area contributed by atoms with E-state index in [-0.39, 0.29) is 0 Å². The third-order valence-corrected chi connectivity index (χ3v) is 0.855. The van der Waals surface area contributed by atoms with E-state index in [1.54, 1.807) is 0 Å². The maximum atomic E-state index is 9.65. The normalized spacial score (nSPS) is 9.29. The van der Waals surface area contributed by atoms with Crippen LogP contribution in [0.15, 0.2) is 0 Å². The van der Waals surface area contributed by atoms with Crippen LogP contribution in [0.25, 0.3) is 0 Å². The van der Waals surface area contributed by atoms with Crippen molar-refractivity contribution in [2.45, 2.75) is 0 Å². The lowest BCUT2D eigenvalue weighted by molar-refractivity contribution is -0.115. The van der Waals surface area contributed by atoms with Crippen molar-refractivity contribution in [3.63, 3.8) is 0 Å². The van der Waals surface area contributed by atoms with Crippen LogP contribution in [0.4, 0.5) is 0 Å². The Bertz CT molecular complexity index is 130. The zero-order valence-electron chi connectivity index (χ0n) is 3.46. The Morgan fingerprint density at radius 1 is 1.57 bits per heavy atom. The van der Waals surface area contributed by atoms with Crippen LogP contribution in [0.2, 0.25) is 0 Å². The van der Waals surface area contributed by atoms with Crippen molar-refractivity contribution in [3.05, 3.63) is 0 Å². The van der Waals surface area contributed by atoms with Gasteiger partial charge < -0.3 is 5.73 Å². The number of amides is 1. The van der Waals surface area contributed by atoms with E-state index in [9.17, 15) is 13.2 Å². The summed E-state index contributed by atoms with van der Waals surface area (Å²) in [5, 5.41) is 0. The fourth-order valence-electron chi connectivity index (χ4n) is 0.127. The van der Waals surface area contributed by atoms with E-state index in [4.69, 9.17) is 0 Å². The third-order valence-electron chi connectivity index (χ3n) is 0.285. The molecule has 0 fully saturated rings.